The van der Waals surface area contributed by atoms with E-state index in [1.807, 2.05) is 79.9 Å². The van der Waals surface area contributed by atoms with Gasteiger partial charge >= 0.3 is 6.03 Å². The zero-order valence-electron chi connectivity index (χ0n) is 23.2. The highest BCUT2D eigenvalue weighted by molar-refractivity contribution is 6.35. The molecule has 0 aliphatic carbocycles. The lowest BCUT2D eigenvalue weighted by Crippen LogP contribution is -2.38. The van der Waals surface area contributed by atoms with Gasteiger partial charge < -0.3 is 19.9 Å². The molecule has 0 saturated carbocycles. The van der Waals surface area contributed by atoms with Crippen molar-refractivity contribution in [2.24, 2.45) is 0 Å². The number of carbonyl (C=O) groups excluding carboxylic acids is 3. The molecule has 0 unspecified atom stereocenters. The third-order valence-corrected chi connectivity index (χ3v) is 7.43. The standard InChI is InChI=1S/C32H28Cl2N4O4/c1-19-5-4-6-25(13-19)35-30(39)17-37-31(40)29(36-32(37)41)15-23-14-20(2)38(21(23)3)26-9-11-27(12-10-26)42-18-22-7-8-24(33)16-28(22)34/h4-16H,17-18H2,1-3H3,(H,35,39)(H,36,41)/b29-15+. The molecular formula is C32H28Cl2N4O4. The molecule has 8 nitrogen and oxygen atoms in total. The number of nitrogens with one attached hydrogen (secondary N) is 2. The highest BCUT2D eigenvalue weighted by atomic mass is 35.5. The lowest BCUT2D eigenvalue weighted by atomic mass is 10.2. The van der Waals surface area contributed by atoms with Crippen molar-refractivity contribution in [2.45, 2.75) is 27.4 Å². The van der Waals surface area contributed by atoms with E-state index in [0.29, 0.717) is 28.1 Å². The highest BCUT2D eigenvalue weighted by Gasteiger charge is 2.35. The van der Waals surface area contributed by atoms with E-state index in [9.17, 15) is 14.4 Å². The van der Waals surface area contributed by atoms with Gasteiger partial charge in [0, 0.05) is 38.4 Å². The second-order valence-corrected chi connectivity index (χ2v) is 10.8. The summed E-state index contributed by atoms with van der Waals surface area (Å²) in [6, 6.07) is 21.5. The smallest absolute Gasteiger partial charge is 0.329 e. The minimum Gasteiger partial charge on any atom is -0.489 e. The average Bonchev–Trinajstić information content (AvgIpc) is 3.37. The van der Waals surface area contributed by atoms with E-state index >= 15 is 0 Å². The van der Waals surface area contributed by atoms with Gasteiger partial charge in [-0.25, -0.2) is 9.69 Å². The molecule has 5 rings (SSSR count). The van der Waals surface area contributed by atoms with Gasteiger partial charge in [0.1, 0.15) is 24.6 Å². The van der Waals surface area contributed by atoms with Crippen molar-refractivity contribution in [3.63, 3.8) is 0 Å². The molecule has 1 aliphatic heterocycles. The van der Waals surface area contributed by atoms with Gasteiger partial charge in [0.05, 0.1) is 0 Å². The van der Waals surface area contributed by atoms with Gasteiger partial charge in [-0.3, -0.25) is 9.59 Å². The maximum atomic E-state index is 13.0. The van der Waals surface area contributed by atoms with Gasteiger partial charge in [-0.15, -0.1) is 0 Å². The van der Waals surface area contributed by atoms with E-state index in [0.717, 1.165) is 38.7 Å². The Hall–Kier alpha value is -4.53. The third kappa shape index (κ3) is 6.35. The number of halogens is 2. The van der Waals surface area contributed by atoms with Crippen LogP contribution < -0.4 is 15.4 Å². The van der Waals surface area contributed by atoms with Gasteiger partial charge in [0.15, 0.2) is 0 Å². The fourth-order valence-electron chi connectivity index (χ4n) is 4.76. The zero-order chi connectivity index (χ0) is 30.0. The molecular weight excluding hydrogens is 575 g/mol. The Kier molecular flexibility index (Phi) is 8.38. The fraction of sp³-hybridized carbons (Fsp3) is 0.156. The van der Waals surface area contributed by atoms with E-state index in [1.165, 1.54) is 0 Å². The summed E-state index contributed by atoms with van der Waals surface area (Å²) < 4.78 is 7.94. The van der Waals surface area contributed by atoms with Gasteiger partial charge in [0.2, 0.25) is 5.91 Å². The van der Waals surface area contributed by atoms with Crippen LogP contribution >= 0.6 is 23.2 Å². The maximum absolute atomic E-state index is 13.0. The molecule has 10 heteroatoms. The number of urea groups is 1. The first-order valence-electron chi connectivity index (χ1n) is 13.2. The summed E-state index contributed by atoms with van der Waals surface area (Å²) in [4.78, 5) is 39.0. The number of aromatic nitrogens is 1. The predicted molar refractivity (Wildman–Crippen MR) is 164 cm³/mol. The molecule has 0 spiro atoms. The highest BCUT2D eigenvalue weighted by Crippen LogP contribution is 2.27. The van der Waals surface area contributed by atoms with E-state index in [1.54, 1.807) is 24.3 Å². The number of ether oxygens (including phenoxy) is 1. The zero-order valence-corrected chi connectivity index (χ0v) is 24.7. The quantitative estimate of drug-likeness (QED) is 0.171. The van der Waals surface area contributed by atoms with E-state index < -0.39 is 24.4 Å². The predicted octanol–water partition coefficient (Wildman–Crippen LogP) is 6.82. The molecule has 2 N–H and O–H groups in total. The first kappa shape index (κ1) is 29.0. The van der Waals surface area contributed by atoms with Gasteiger partial charge in [-0.05, 0) is 92.6 Å². The largest absolute Gasteiger partial charge is 0.489 e. The molecule has 3 aromatic carbocycles. The van der Waals surface area contributed by atoms with E-state index in [2.05, 4.69) is 10.6 Å². The lowest BCUT2D eigenvalue weighted by Gasteiger charge is -2.12. The van der Waals surface area contributed by atoms with Crippen LogP contribution in [0.3, 0.4) is 0 Å². The Morgan fingerprint density at radius 3 is 2.45 bits per heavy atom. The van der Waals surface area contributed by atoms with Crippen LogP contribution in [0.5, 0.6) is 5.75 Å². The molecule has 1 saturated heterocycles. The Morgan fingerprint density at radius 2 is 1.74 bits per heavy atom. The van der Waals surface area contributed by atoms with Crippen LogP contribution in [0.4, 0.5) is 10.5 Å². The normalized spacial score (nSPS) is 13.9. The summed E-state index contributed by atoms with van der Waals surface area (Å²) in [7, 11) is 0. The third-order valence-electron chi connectivity index (χ3n) is 6.84. The number of rotatable bonds is 8. The molecule has 1 fully saturated rings. The summed E-state index contributed by atoms with van der Waals surface area (Å²) >= 11 is 12.2. The number of amides is 4. The lowest BCUT2D eigenvalue weighted by molar-refractivity contribution is -0.127. The Labute approximate surface area is 253 Å². The molecule has 42 heavy (non-hydrogen) atoms. The Bertz CT molecular complexity index is 1730. The number of anilines is 1. The molecule has 214 valence electrons. The molecule has 0 bridgehead atoms. The molecule has 0 radical (unpaired) electrons. The van der Waals surface area contributed by atoms with Crippen LogP contribution in [0.1, 0.15) is 28.1 Å². The monoisotopic (exact) mass is 602 g/mol. The summed E-state index contributed by atoms with van der Waals surface area (Å²) in [6.45, 7) is 5.71. The summed E-state index contributed by atoms with van der Waals surface area (Å²) in [5.41, 5.74) is 6.00. The number of imide groups is 1. The average molecular weight is 604 g/mol. The Morgan fingerprint density at radius 1 is 0.976 bits per heavy atom. The van der Waals surface area contributed by atoms with Crippen molar-refractivity contribution >= 4 is 52.8 Å². The fourth-order valence-corrected chi connectivity index (χ4v) is 5.22. The van der Waals surface area contributed by atoms with Crippen LogP contribution in [0.25, 0.3) is 11.8 Å². The second-order valence-electron chi connectivity index (χ2n) is 9.98. The minimum atomic E-state index is -0.644. The van der Waals surface area contributed by atoms with Crippen molar-refractivity contribution in [1.82, 2.24) is 14.8 Å². The van der Waals surface area contributed by atoms with Crippen molar-refractivity contribution in [3.8, 4) is 11.4 Å². The number of benzene rings is 3. The van der Waals surface area contributed by atoms with Crippen LogP contribution in [-0.4, -0.2) is 33.9 Å². The molecule has 1 aliphatic rings. The molecule has 2 heterocycles. The molecule has 0 atom stereocenters. The van der Waals surface area contributed by atoms with Crippen LogP contribution in [0.15, 0.2) is 78.5 Å². The number of nitrogens with zero attached hydrogens (tertiary/aromatic N) is 2. The first-order valence-corrected chi connectivity index (χ1v) is 13.9. The van der Waals surface area contributed by atoms with Crippen LogP contribution in [0, 0.1) is 20.8 Å². The Balaban J connectivity index is 1.27. The SMILES string of the molecule is Cc1cccc(NC(=O)CN2C(=O)N/C(=C/c3cc(C)n(-c4ccc(OCc5ccc(Cl)cc5Cl)cc4)c3C)C2=O)c1. The number of aryl methyl sites for hydroxylation is 2. The van der Waals surface area contributed by atoms with E-state index in [-0.39, 0.29) is 5.70 Å². The molecule has 1 aromatic heterocycles. The van der Waals surface area contributed by atoms with Crippen molar-refractivity contribution in [3.05, 3.63) is 117 Å². The summed E-state index contributed by atoms with van der Waals surface area (Å²) in [6.07, 6.45) is 1.63. The topological polar surface area (TPSA) is 92.7 Å². The maximum Gasteiger partial charge on any atom is 0.329 e. The van der Waals surface area contributed by atoms with Gasteiger partial charge in [-0.1, -0.05) is 41.4 Å². The van der Waals surface area contributed by atoms with Crippen LogP contribution in [-0.2, 0) is 16.2 Å². The summed E-state index contributed by atoms with van der Waals surface area (Å²) in [5.74, 6) is -0.348. The van der Waals surface area contributed by atoms with Crippen molar-refractivity contribution < 1.29 is 19.1 Å². The van der Waals surface area contributed by atoms with E-state index in [4.69, 9.17) is 27.9 Å². The van der Waals surface area contributed by atoms with Crippen molar-refractivity contribution in [1.29, 1.82) is 0 Å². The molecule has 4 aromatic rings. The van der Waals surface area contributed by atoms with Gasteiger partial charge in [-0.2, -0.15) is 0 Å². The second kappa shape index (κ2) is 12.1. The number of carbonyl (C=O) groups is 3. The first-order chi connectivity index (χ1) is 20.1. The number of hydrogen-bond donors (Lipinski definition) is 2. The van der Waals surface area contributed by atoms with Crippen LogP contribution in [0.2, 0.25) is 10.0 Å². The summed E-state index contributed by atoms with van der Waals surface area (Å²) in [5, 5.41) is 6.43. The number of hydrogen-bond acceptors (Lipinski definition) is 4. The minimum absolute atomic E-state index is 0.105. The van der Waals surface area contributed by atoms with Gasteiger partial charge in [0.25, 0.3) is 5.91 Å². The van der Waals surface area contributed by atoms with Crippen molar-refractivity contribution in [2.75, 3.05) is 11.9 Å². The molecule has 4 amide bonds.